The molecule has 0 atom stereocenters. The molecule has 8 nitrogen and oxygen atoms in total. The summed E-state index contributed by atoms with van der Waals surface area (Å²) in [4.78, 5) is 30.9. The van der Waals surface area contributed by atoms with Gasteiger partial charge in [0.25, 0.3) is 5.91 Å². The average Bonchev–Trinajstić information content (AvgIpc) is 3.20. The minimum atomic E-state index is 0.00608. The first-order chi connectivity index (χ1) is 15.2. The van der Waals surface area contributed by atoms with Crippen LogP contribution in [0.4, 0.5) is 0 Å². The van der Waals surface area contributed by atoms with Crippen LogP contribution in [0.1, 0.15) is 32.9 Å². The number of H-pyrrole nitrogens is 1. The number of benzene rings is 1. The van der Waals surface area contributed by atoms with E-state index in [1.54, 1.807) is 12.3 Å². The number of carbonyl (C=O) groups excluding carboxylic acids is 1. The zero-order chi connectivity index (χ0) is 21.2. The van der Waals surface area contributed by atoms with Crippen molar-refractivity contribution in [2.75, 3.05) is 6.54 Å². The maximum absolute atomic E-state index is 13.2. The monoisotopic (exact) mass is 414 g/mol. The largest absolute Gasteiger partial charge is 0.473 e. The first kappa shape index (κ1) is 19.2. The predicted octanol–water partition coefficient (Wildman–Crippen LogP) is 2.59. The molecule has 1 aromatic carbocycles. The van der Waals surface area contributed by atoms with Crippen molar-refractivity contribution in [2.45, 2.75) is 26.1 Å². The summed E-state index contributed by atoms with van der Waals surface area (Å²) in [6.45, 7) is 1.86. The SMILES string of the molecule is NCc1cc(OCc2cccc(C(=O)N3CCc4c([nH]c5ncccc45)C3)c2)ncn1. The fourth-order valence-electron chi connectivity index (χ4n) is 3.94. The van der Waals surface area contributed by atoms with Gasteiger partial charge in [-0.25, -0.2) is 15.0 Å². The van der Waals surface area contributed by atoms with Crippen LogP contribution in [0.5, 0.6) is 5.88 Å². The number of pyridine rings is 1. The van der Waals surface area contributed by atoms with Crippen molar-refractivity contribution < 1.29 is 9.53 Å². The second kappa shape index (κ2) is 8.16. The zero-order valence-electron chi connectivity index (χ0n) is 16.9. The summed E-state index contributed by atoms with van der Waals surface area (Å²) in [5, 5.41) is 1.14. The molecule has 0 bridgehead atoms. The Morgan fingerprint density at radius 3 is 3.00 bits per heavy atom. The molecular formula is C23H22N6O2. The smallest absolute Gasteiger partial charge is 0.254 e. The second-order valence-corrected chi connectivity index (χ2v) is 7.50. The van der Waals surface area contributed by atoms with E-state index < -0.39 is 0 Å². The average molecular weight is 414 g/mol. The van der Waals surface area contributed by atoms with E-state index in [1.165, 1.54) is 11.9 Å². The number of hydrogen-bond acceptors (Lipinski definition) is 6. The van der Waals surface area contributed by atoms with E-state index in [-0.39, 0.29) is 5.91 Å². The topological polar surface area (TPSA) is 110 Å². The zero-order valence-corrected chi connectivity index (χ0v) is 16.9. The molecule has 5 rings (SSSR count). The Balaban J connectivity index is 1.29. The molecule has 0 saturated heterocycles. The highest BCUT2D eigenvalue weighted by Crippen LogP contribution is 2.27. The Hall–Kier alpha value is -3.78. The molecule has 156 valence electrons. The molecule has 31 heavy (non-hydrogen) atoms. The van der Waals surface area contributed by atoms with Crippen molar-refractivity contribution in [1.29, 1.82) is 0 Å². The molecule has 3 N–H and O–H groups in total. The molecule has 8 heteroatoms. The molecule has 3 aromatic heterocycles. The van der Waals surface area contributed by atoms with Crippen molar-refractivity contribution in [1.82, 2.24) is 24.8 Å². The number of carbonyl (C=O) groups is 1. The predicted molar refractivity (Wildman–Crippen MR) is 115 cm³/mol. The van der Waals surface area contributed by atoms with Crippen LogP contribution in [-0.2, 0) is 26.1 Å². The maximum Gasteiger partial charge on any atom is 0.254 e. The van der Waals surface area contributed by atoms with Crippen LogP contribution in [0.3, 0.4) is 0 Å². The van der Waals surface area contributed by atoms with Crippen molar-refractivity contribution >= 4 is 16.9 Å². The van der Waals surface area contributed by atoms with Crippen molar-refractivity contribution in [3.63, 3.8) is 0 Å². The number of nitrogens with zero attached hydrogens (tertiary/aromatic N) is 4. The van der Waals surface area contributed by atoms with Gasteiger partial charge in [0, 0.05) is 42.0 Å². The first-order valence-electron chi connectivity index (χ1n) is 10.2. The lowest BCUT2D eigenvalue weighted by Gasteiger charge is -2.27. The summed E-state index contributed by atoms with van der Waals surface area (Å²) in [7, 11) is 0. The fraction of sp³-hybridized carbons (Fsp3) is 0.217. The third-order valence-electron chi connectivity index (χ3n) is 5.50. The van der Waals surface area contributed by atoms with E-state index in [0.29, 0.717) is 43.4 Å². The van der Waals surface area contributed by atoms with Gasteiger partial charge >= 0.3 is 0 Å². The van der Waals surface area contributed by atoms with Crippen LogP contribution in [-0.4, -0.2) is 37.3 Å². The van der Waals surface area contributed by atoms with E-state index in [1.807, 2.05) is 35.2 Å². The summed E-state index contributed by atoms with van der Waals surface area (Å²) < 4.78 is 5.75. The minimum Gasteiger partial charge on any atom is -0.473 e. The van der Waals surface area contributed by atoms with Gasteiger partial charge in [0.1, 0.15) is 18.6 Å². The number of hydrogen-bond donors (Lipinski definition) is 2. The molecule has 4 heterocycles. The Bertz CT molecular complexity index is 1250. The van der Waals surface area contributed by atoms with Gasteiger partial charge in [0.05, 0.1) is 12.2 Å². The molecule has 0 aliphatic carbocycles. The number of amides is 1. The summed E-state index contributed by atoms with van der Waals surface area (Å²) in [5.74, 6) is 0.467. The second-order valence-electron chi connectivity index (χ2n) is 7.50. The van der Waals surface area contributed by atoms with Gasteiger partial charge in [0.2, 0.25) is 5.88 Å². The highest BCUT2D eigenvalue weighted by molar-refractivity contribution is 5.95. The molecule has 1 aliphatic rings. The highest BCUT2D eigenvalue weighted by atomic mass is 16.5. The Kier molecular flexibility index (Phi) is 5.05. The van der Waals surface area contributed by atoms with Crippen molar-refractivity contribution in [3.8, 4) is 5.88 Å². The van der Waals surface area contributed by atoms with E-state index in [0.717, 1.165) is 28.7 Å². The number of aromatic nitrogens is 4. The van der Waals surface area contributed by atoms with Crippen LogP contribution >= 0.6 is 0 Å². The number of nitrogens with two attached hydrogens (primary N) is 1. The standard InChI is InChI=1S/C23H22N6O2/c24-11-17-10-21(27-14-26-17)31-13-15-3-1-4-16(9-15)23(30)29-8-6-18-19-5-2-7-25-22(19)28-20(18)12-29/h1-5,7,9-10,14H,6,8,11-13,24H2,(H,25,28). The van der Waals surface area contributed by atoms with Gasteiger partial charge < -0.3 is 20.4 Å². The minimum absolute atomic E-state index is 0.00608. The van der Waals surface area contributed by atoms with Crippen molar-refractivity contribution in [3.05, 3.63) is 83.1 Å². The fourth-order valence-corrected chi connectivity index (χ4v) is 3.94. The number of nitrogens with one attached hydrogen (secondary N) is 1. The van der Waals surface area contributed by atoms with E-state index in [4.69, 9.17) is 10.5 Å². The highest BCUT2D eigenvalue weighted by Gasteiger charge is 2.25. The molecule has 0 fully saturated rings. The first-order valence-corrected chi connectivity index (χ1v) is 10.2. The number of rotatable bonds is 5. The maximum atomic E-state index is 13.2. The lowest BCUT2D eigenvalue weighted by atomic mass is 10.0. The van der Waals surface area contributed by atoms with Gasteiger partial charge in [-0.3, -0.25) is 4.79 Å². The summed E-state index contributed by atoms with van der Waals surface area (Å²) in [5.41, 5.74) is 11.1. The van der Waals surface area contributed by atoms with Crippen LogP contribution in [0.2, 0.25) is 0 Å². The van der Waals surface area contributed by atoms with Crippen LogP contribution in [0.25, 0.3) is 11.0 Å². The summed E-state index contributed by atoms with van der Waals surface area (Å²) in [6, 6.07) is 13.3. The lowest BCUT2D eigenvalue weighted by molar-refractivity contribution is 0.0733. The third-order valence-corrected chi connectivity index (χ3v) is 5.50. The molecular weight excluding hydrogens is 392 g/mol. The number of ether oxygens (including phenoxy) is 1. The van der Waals surface area contributed by atoms with Crippen LogP contribution in [0, 0.1) is 0 Å². The lowest BCUT2D eigenvalue weighted by Crippen LogP contribution is -2.35. The van der Waals surface area contributed by atoms with E-state index >= 15 is 0 Å². The van der Waals surface area contributed by atoms with Gasteiger partial charge in [-0.05, 0) is 41.8 Å². The summed E-state index contributed by atoms with van der Waals surface area (Å²) >= 11 is 0. The van der Waals surface area contributed by atoms with E-state index in [9.17, 15) is 4.79 Å². The Morgan fingerprint density at radius 1 is 1.16 bits per heavy atom. The number of fused-ring (bicyclic) bond motifs is 3. The Labute approximate surface area is 179 Å². The van der Waals surface area contributed by atoms with E-state index in [2.05, 4.69) is 26.0 Å². The quantitative estimate of drug-likeness (QED) is 0.519. The normalized spacial score (nSPS) is 13.3. The molecule has 1 amide bonds. The summed E-state index contributed by atoms with van der Waals surface area (Å²) in [6.07, 6.45) is 4.02. The molecule has 4 aromatic rings. The van der Waals surface area contributed by atoms with Gasteiger partial charge in [-0.2, -0.15) is 0 Å². The molecule has 0 unspecified atom stereocenters. The Morgan fingerprint density at radius 2 is 2.10 bits per heavy atom. The van der Waals surface area contributed by atoms with Crippen molar-refractivity contribution in [2.24, 2.45) is 5.73 Å². The molecule has 1 aliphatic heterocycles. The molecule has 0 radical (unpaired) electrons. The third kappa shape index (κ3) is 3.85. The van der Waals surface area contributed by atoms with Gasteiger partial charge in [-0.15, -0.1) is 0 Å². The van der Waals surface area contributed by atoms with Gasteiger partial charge in [0.15, 0.2) is 0 Å². The van der Waals surface area contributed by atoms with Crippen LogP contribution in [0.15, 0.2) is 55.0 Å². The van der Waals surface area contributed by atoms with Gasteiger partial charge in [-0.1, -0.05) is 12.1 Å². The van der Waals surface area contributed by atoms with Crippen LogP contribution < -0.4 is 10.5 Å². The molecule has 0 saturated carbocycles. The molecule has 0 spiro atoms. The number of aromatic amines is 1.